The molecule has 1 aliphatic heterocycles. The molecule has 8 heteroatoms. The molecule has 1 aliphatic rings. The van der Waals surface area contributed by atoms with Gasteiger partial charge in [-0.2, -0.15) is 0 Å². The Bertz CT molecular complexity index is 948. The molecule has 0 radical (unpaired) electrons. The number of nitrogens with zero attached hydrogens (tertiary/aromatic N) is 6. The molecule has 1 N–H and O–H groups in total. The topological polar surface area (TPSA) is 79.2 Å². The standard InChI is InChI=1S/C22H27N7O/c1-2-27-11-13-28(14-12-27)16-20-6-4-3-5-19(20)15-23-22(30)18-7-9-21(10-8-18)29-17-24-25-26-29/h3-10,17H,2,11-16H2,1H3,(H,23,30). The van der Waals surface area contributed by atoms with E-state index in [1.165, 1.54) is 11.9 Å². The van der Waals surface area contributed by atoms with E-state index in [2.05, 4.69) is 55.8 Å². The second-order valence-corrected chi connectivity index (χ2v) is 7.46. The van der Waals surface area contributed by atoms with Crippen LogP contribution in [0.3, 0.4) is 0 Å². The summed E-state index contributed by atoms with van der Waals surface area (Å²) in [6.07, 6.45) is 1.52. The minimum absolute atomic E-state index is 0.0929. The van der Waals surface area contributed by atoms with Crippen molar-refractivity contribution < 1.29 is 4.79 Å². The van der Waals surface area contributed by atoms with E-state index in [4.69, 9.17) is 0 Å². The fourth-order valence-corrected chi connectivity index (χ4v) is 3.71. The number of amides is 1. The van der Waals surface area contributed by atoms with E-state index in [9.17, 15) is 4.79 Å². The second kappa shape index (κ2) is 9.60. The Morgan fingerprint density at radius 3 is 2.33 bits per heavy atom. The predicted octanol–water partition coefficient (Wildman–Crippen LogP) is 1.73. The molecule has 1 amide bonds. The molecule has 1 fully saturated rings. The monoisotopic (exact) mass is 405 g/mol. The van der Waals surface area contributed by atoms with E-state index in [1.54, 1.807) is 16.8 Å². The number of tetrazole rings is 1. The summed E-state index contributed by atoms with van der Waals surface area (Å²) in [4.78, 5) is 17.6. The SMILES string of the molecule is CCN1CCN(Cc2ccccc2CNC(=O)c2ccc(-n3cnnn3)cc2)CC1. The summed E-state index contributed by atoms with van der Waals surface area (Å²) >= 11 is 0. The maximum absolute atomic E-state index is 12.6. The van der Waals surface area contributed by atoms with Crippen molar-refractivity contribution in [2.75, 3.05) is 32.7 Å². The zero-order valence-electron chi connectivity index (χ0n) is 17.2. The maximum Gasteiger partial charge on any atom is 0.251 e. The van der Waals surface area contributed by atoms with E-state index >= 15 is 0 Å². The lowest BCUT2D eigenvalue weighted by atomic mass is 10.1. The summed E-state index contributed by atoms with van der Waals surface area (Å²) in [5, 5.41) is 14.2. The fraction of sp³-hybridized carbons (Fsp3) is 0.364. The normalized spacial score (nSPS) is 15.2. The molecule has 30 heavy (non-hydrogen) atoms. The second-order valence-electron chi connectivity index (χ2n) is 7.46. The van der Waals surface area contributed by atoms with Gasteiger partial charge in [0.15, 0.2) is 0 Å². The average molecular weight is 406 g/mol. The summed E-state index contributed by atoms with van der Waals surface area (Å²) < 4.78 is 1.55. The number of benzene rings is 2. The van der Waals surface area contributed by atoms with Crippen LogP contribution in [0.5, 0.6) is 0 Å². The Labute approximate surface area is 176 Å². The minimum Gasteiger partial charge on any atom is -0.348 e. The molecule has 2 aromatic carbocycles. The molecule has 0 aliphatic carbocycles. The quantitative estimate of drug-likeness (QED) is 0.645. The number of piperazine rings is 1. The van der Waals surface area contributed by atoms with Crippen LogP contribution >= 0.6 is 0 Å². The number of hydrogen-bond donors (Lipinski definition) is 1. The van der Waals surface area contributed by atoms with Crippen molar-refractivity contribution in [2.24, 2.45) is 0 Å². The maximum atomic E-state index is 12.6. The van der Waals surface area contributed by atoms with Crippen LogP contribution in [0.2, 0.25) is 0 Å². The molecule has 8 nitrogen and oxygen atoms in total. The van der Waals surface area contributed by atoms with Gasteiger partial charge in [-0.05, 0) is 52.4 Å². The van der Waals surface area contributed by atoms with Crippen LogP contribution < -0.4 is 5.32 Å². The molecule has 3 aromatic rings. The van der Waals surface area contributed by atoms with Gasteiger partial charge in [0.1, 0.15) is 6.33 Å². The van der Waals surface area contributed by atoms with Gasteiger partial charge in [-0.1, -0.05) is 31.2 Å². The molecule has 4 rings (SSSR count). The van der Waals surface area contributed by atoms with Crippen LogP contribution in [-0.4, -0.2) is 68.6 Å². The van der Waals surface area contributed by atoms with E-state index in [1.807, 2.05) is 18.2 Å². The van der Waals surface area contributed by atoms with Crippen molar-refractivity contribution in [1.82, 2.24) is 35.3 Å². The molecule has 0 spiro atoms. The van der Waals surface area contributed by atoms with E-state index < -0.39 is 0 Å². The number of aromatic nitrogens is 4. The molecule has 0 unspecified atom stereocenters. The van der Waals surface area contributed by atoms with Crippen molar-refractivity contribution >= 4 is 5.91 Å². The lowest BCUT2D eigenvalue weighted by Gasteiger charge is -2.34. The molecule has 1 aromatic heterocycles. The van der Waals surface area contributed by atoms with Crippen LogP contribution in [0, 0.1) is 0 Å². The van der Waals surface area contributed by atoms with Crippen molar-refractivity contribution in [3.63, 3.8) is 0 Å². The summed E-state index contributed by atoms with van der Waals surface area (Å²) in [7, 11) is 0. The molecular weight excluding hydrogens is 378 g/mol. The molecular formula is C22H27N7O. The fourth-order valence-electron chi connectivity index (χ4n) is 3.71. The highest BCUT2D eigenvalue weighted by Gasteiger charge is 2.17. The van der Waals surface area contributed by atoms with Gasteiger partial charge in [0.05, 0.1) is 5.69 Å². The van der Waals surface area contributed by atoms with E-state index in [-0.39, 0.29) is 5.91 Å². The molecule has 0 bridgehead atoms. The Kier molecular flexibility index (Phi) is 6.46. The Balaban J connectivity index is 1.35. The van der Waals surface area contributed by atoms with E-state index in [0.29, 0.717) is 12.1 Å². The van der Waals surface area contributed by atoms with Crippen molar-refractivity contribution in [2.45, 2.75) is 20.0 Å². The lowest BCUT2D eigenvalue weighted by Crippen LogP contribution is -2.45. The highest BCUT2D eigenvalue weighted by molar-refractivity contribution is 5.94. The average Bonchev–Trinajstić information content (AvgIpc) is 3.34. The van der Waals surface area contributed by atoms with Crippen LogP contribution in [-0.2, 0) is 13.1 Å². The van der Waals surface area contributed by atoms with Gasteiger partial charge in [-0.25, -0.2) is 4.68 Å². The third-order valence-corrected chi connectivity index (χ3v) is 5.61. The van der Waals surface area contributed by atoms with Gasteiger partial charge < -0.3 is 10.2 Å². The summed E-state index contributed by atoms with van der Waals surface area (Å²) in [6.45, 7) is 9.18. The van der Waals surface area contributed by atoms with Crippen molar-refractivity contribution in [1.29, 1.82) is 0 Å². The Morgan fingerprint density at radius 2 is 1.67 bits per heavy atom. The minimum atomic E-state index is -0.0929. The number of likely N-dealkylation sites (N-methyl/N-ethyl adjacent to an activating group) is 1. The summed E-state index contributed by atoms with van der Waals surface area (Å²) in [5.74, 6) is -0.0929. The molecule has 1 saturated heterocycles. The number of rotatable bonds is 7. The zero-order valence-corrected chi connectivity index (χ0v) is 17.2. The lowest BCUT2D eigenvalue weighted by molar-refractivity contribution is 0.0950. The number of hydrogen-bond acceptors (Lipinski definition) is 6. The summed E-state index contributed by atoms with van der Waals surface area (Å²) in [6, 6.07) is 15.6. The number of carbonyl (C=O) groups excluding carboxylic acids is 1. The van der Waals surface area contributed by atoms with Crippen molar-refractivity contribution in [3.8, 4) is 5.69 Å². The highest BCUT2D eigenvalue weighted by Crippen LogP contribution is 2.14. The van der Waals surface area contributed by atoms with Gasteiger partial charge in [0.2, 0.25) is 0 Å². The smallest absolute Gasteiger partial charge is 0.251 e. The highest BCUT2D eigenvalue weighted by atomic mass is 16.1. The first-order valence-corrected chi connectivity index (χ1v) is 10.4. The summed E-state index contributed by atoms with van der Waals surface area (Å²) in [5.41, 5.74) is 3.86. The van der Waals surface area contributed by atoms with Gasteiger partial charge in [-0.3, -0.25) is 9.69 Å². The molecule has 2 heterocycles. The number of nitrogens with one attached hydrogen (secondary N) is 1. The third kappa shape index (κ3) is 4.90. The van der Waals surface area contributed by atoms with Gasteiger partial charge in [0, 0.05) is 44.8 Å². The van der Waals surface area contributed by atoms with Gasteiger partial charge in [-0.15, -0.1) is 5.10 Å². The Hall–Kier alpha value is -3.10. The Morgan fingerprint density at radius 1 is 0.967 bits per heavy atom. The zero-order chi connectivity index (χ0) is 20.8. The molecule has 156 valence electrons. The van der Waals surface area contributed by atoms with Crippen LogP contribution in [0.4, 0.5) is 0 Å². The van der Waals surface area contributed by atoms with Gasteiger partial charge in [0.25, 0.3) is 5.91 Å². The first-order valence-electron chi connectivity index (χ1n) is 10.4. The predicted molar refractivity (Wildman–Crippen MR) is 114 cm³/mol. The van der Waals surface area contributed by atoms with Crippen molar-refractivity contribution in [3.05, 3.63) is 71.5 Å². The first kappa shape index (κ1) is 20.2. The molecule has 0 saturated carbocycles. The third-order valence-electron chi connectivity index (χ3n) is 5.61. The van der Waals surface area contributed by atoms with Gasteiger partial charge >= 0.3 is 0 Å². The van der Waals surface area contributed by atoms with Crippen LogP contribution in [0.25, 0.3) is 5.69 Å². The molecule has 0 atom stereocenters. The van der Waals surface area contributed by atoms with Crippen LogP contribution in [0.15, 0.2) is 54.9 Å². The number of carbonyl (C=O) groups is 1. The van der Waals surface area contributed by atoms with Crippen LogP contribution in [0.1, 0.15) is 28.4 Å². The largest absolute Gasteiger partial charge is 0.348 e. The first-order chi connectivity index (χ1) is 14.7. The van der Waals surface area contributed by atoms with E-state index in [0.717, 1.165) is 50.5 Å².